The third kappa shape index (κ3) is 2.33. The molecular formula is C6H4Cl3NO. The van der Waals surface area contributed by atoms with Gasteiger partial charge >= 0.3 is 0 Å². The molecule has 1 rings (SSSR count). The van der Waals surface area contributed by atoms with E-state index in [1.165, 1.54) is 12.3 Å². The molecule has 60 valence electrons. The van der Waals surface area contributed by atoms with Crippen molar-refractivity contribution in [1.29, 1.82) is 0 Å². The molecule has 0 aliphatic carbocycles. The molecule has 0 amide bonds. The number of carbonyl (C=O) groups excluding carboxylic acids is 1. The summed E-state index contributed by atoms with van der Waals surface area (Å²) in [6, 6.07) is 1.50. The second kappa shape index (κ2) is 4.54. The first-order chi connectivity index (χ1) is 4.75. The van der Waals surface area contributed by atoms with Crippen LogP contribution in [-0.4, -0.2) is 11.3 Å². The minimum Gasteiger partial charge on any atom is -0.298 e. The van der Waals surface area contributed by atoms with Gasteiger partial charge in [-0.2, -0.15) is 0 Å². The molecule has 5 heteroatoms. The molecule has 0 atom stereocenters. The first-order valence-electron chi connectivity index (χ1n) is 2.51. The van der Waals surface area contributed by atoms with Crippen LogP contribution in [0.3, 0.4) is 0 Å². The summed E-state index contributed by atoms with van der Waals surface area (Å²) in [5.41, 5.74) is 0.363. The average Bonchev–Trinajstić information content (AvgIpc) is 1.95. The van der Waals surface area contributed by atoms with Crippen molar-refractivity contribution in [3.05, 3.63) is 28.0 Å². The highest BCUT2D eigenvalue weighted by Gasteiger charge is 2.02. The summed E-state index contributed by atoms with van der Waals surface area (Å²) in [6.07, 6.45) is 2.06. The second-order valence-electron chi connectivity index (χ2n) is 1.62. The Balaban J connectivity index is 0.000001000. The lowest BCUT2D eigenvalue weighted by Gasteiger charge is -1.94. The fourth-order valence-electron chi connectivity index (χ4n) is 0.523. The summed E-state index contributed by atoms with van der Waals surface area (Å²) < 4.78 is 0. The van der Waals surface area contributed by atoms with E-state index in [4.69, 9.17) is 23.2 Å². The smallest absolute Gasteiger partial charge is 0.151 e. The summed E-state index contributed by atoms with van der Waals surface area (Å²) in [7, 11) is 0. The van der Waals surface area contributed by atoms with Gasteiger partial charge in [-0.05, 0) is 6.07 Å². The van der Waals surface area contributed by atoms with Crippen molar-refractivity contribution >= 4 is 41.9 Å². The molecule has 2 nitrogen and oxygen atoms in total. The molecular weight excluding hydrogens is 208 g/mol. The zero-order chi connectivity index (χ0) is 7.56. The molecule has 11 heavy (non-hydrogen) atoms. The Kier molecular flexibility index (Phi) is 4.42. The monoisotopic (exact) mass is 211 g/mol. The van der Waals surface area contributed by atoms with Crippen LogP contribution in [0.15, 0.2) is 12.3 Å². The summed E-state index contributed by atoms with van der Waals surface area (Å²) in [5.74, 6) is 0. The fourth-order valence-corrected chi connectivity index (χ4v) is 0.845. The van der Waals surface area contributed by atoms with Crippen molar-refractivity contribution in [3.8, 4) is 0 Å². The standard InChI is InChI=1S/C6H3Cl2NO.ClH/c7-5-4(3-10)1-2-9-6(5)8;/h1-3H;1H. The van der Waals surface area contributed by atoms with Crippen LogP contribution < -0.4 is 0 Å². The Hall–Kier alpha value is -0.310. The second-order valence-corrected chi connectivity index (χ2v) is 2.36. The van der Waals surface area contributed by atoms with Crippen LogP contribution in [0.2, 0.25) is 10.2 Å². The van der Waals surface area contributed by atoms with E-state index in [2.05, 4.69) is 4.98 Å². The summed E-state index contributed by atoms with van der Waals surface area (Å²) in [5, 5.41) is 0.366. The third-order valence-electron chi connectivity index (χ3n) is 1.00. The van der Waals surface area contributed by atoms with Crippen molar-refractivity contribution in [3.63, 3.8) is 0 Å². The van der Waals surface area contributed by atoms with Crippen molar-refractivity contribution in [2.45, 2.75) is 0 Å². The van der Waals surface area contributed by atoms with E-state index >= 15 is 0 Å². The molecule has 1 aromatic rings. The van der Waals surface area contributed by atoms with Gasteiger partial charge in [0.2, 0.25) is 0 Å². The van der Waals surface area contributed by atoms with Gasteiger partial charge in [0.25, 0.3) is 0 Å². The molecule has 0 saturated heterocycles. The van der Waals surface area contributed by atoms with Gasteiger partial charge in [-0.15, -0.1) is 12.4 Å². The fraction of sp³-hybridized carbons (Fsp3) is 0. The van der Waals surface area contributed by atoms with Gasteiger partial charge in [-0.3, -0.25) is 4.79 Å². The molecule has 0 radical (unpaired) electrons. The maximum atomic E-state index is 10.2. The number of halogens is 3. The summed E-state index contributed by atoms with van der Waals surface area (Å²) >= 11 is 11.1. The molecule has 0 N–H and O–H groups in total. The number of aromatic nitrogens is 1. The lowest BCUT2D eigenvalue weighted by Crippen LogP contribution is -1.84. The SMILES string of the molecule is Cl.O=Cc1ccnc(Cl)c1Cl. The zero-order valence-electron chi connectivity index (χ0n) is 5.25. The molecule has 0 spiro atoms. The van der Waals surface area contributed by atoms with E-state index in [-0.39, 0.29) is 22.6 Å². The van der Waals surface area contributed by atoms with Gasteiger partial charge in [0.05, 0.1) is 5.02 Å². The Bertz CT molecular complexity index is 264. The van der Waals surface area contributed by atoms with Crippen molar-refractivity contribution in [2.24, 2.45) is 0 Å². The maximum Gasteiger partial charge on any atom is 0.151 e. The first kappa shape index (κ1) is 10.7. The summed E-state index contributed by atoms with van der Waals surface area (Å²) in [6.45, 7) is 0. The van der Waals surface area contributed by atoms with Crippen LogP contribution in [0.5, 0.6) is 0 Å². The Morgan fingerprint density at radius 2 is 2.09 bits per heavy atom. The first-order valence-corrected chi connectivity index (χ1v) is 3.26. The summed E-state index contributed by atoms with van der Waals surface area (Å²) in [4.78, 5) is 13.9. The van der Waals surface area contributed by atoms with Crippen molar-refractivity contribution < 1.29 is 4.79 Å². The largest absolute Gasteiger partial charge is 0.298 e. The molecule has 0 unspecified atom stereocenters. The van der Waals surface area contributed by atoms with Crippen LogP contribution in [0.25, 0.3) is 0 Å². The van der Waals surface area contributed by atoms with Crippen LogP contribution in [0.1, 0.15) is 10.4 Å². The number of pyridine rings is 1. The topological polar surface area (TPSA) is 30.0 Å². The highest BCUT2D eigenvalue weighted by molar-refractivity contribution is 6.42. The molecule has 0 fully saturated rings. The Labute approximate surface area is 79.9 Å². The van der Waals surface area contributed by atoms with Gasteiger partial charge in [0.1, 0.15) is 5.15 Å². The maximum absolute atomic E-state index is 10.2. The minimum absolute atomic E-state index is 0. The molecule has 0 bridgehead atoms. The van der Waals surface area contributed by atoms with Gasteiger partial charge in [-0.25, -0.2) is 4.98 Å². The van der Waals surface area contributed by atoms with E-state index in [1.54, 1.807) is 0 Å². The van der Waals surface area contributed by atoms with E-state index in [1.807, 2.05) is 0 Å². The van der Waals surface area contributed by atoms with Crippen LogP contribution >= 0.6 is 35.6 Å². The number of rotatable bonds is 1. The highest BCUT2D eigenvalue weighted by atomic mass is 35.5. The van der Waals surface area contributed by atoms with Crippen LogP contribution in [0.4, 0.5) is 0 Å². The lowest BCUT2D eigenvalue weighted by atomic mass is 10.3. The van der Waals surface area contributed by atoms with Gasteiger partial charge in [0, 0.05) is 11.8 Å². The van der Waals surface area contributed by atoms with E-state index in [0.717, 1.165) is 0 Å². The third-order valence-corrected chi connectivity index (χ3v) is 1.78. The number of nitrogens with zero attached hydrogens (tertiary/aromatic N) is 1. The van der Waals surface area contributed by atoms with Gasteiger partial charge < -0.3 is 0 Å². The van der Waals surface area contributed by atoms with E-state index in [0.29, 0.717) is 11.8 Å². The number of aldehydes is 1. The predicted molar refractivity (Wildman–Crippen MR) is 46.9 cm³/mol. The normalized spacial score (nSPS) is 8.55. The Morgan fingerprint density at radius 1 is 1.45 bits per heavy atom. The molecule has 0 aliphatic rings. The quantitative estimate of drug-likeness (QED) is 0.529. The van der Waals surface area contributed by atoms with Gasteiger partial charge in [0.15, 0.2) is 6.29 Å². The molecule has 1 aromatic heterocycles. The van der Waals surface area contributed by atoms with Gasteiger partial charge in [-0.1, -0.05) is 23.2 Å². The predicted octanol–water partition coefficient (Wildman–Crippen LogP) is 2.62. The van der Waals surface area contributed by atoms with Crippen molar-refractivity contribution in [2.75, 3.05) is 0 Å². The number of carbonyl (C=O) groups is 1. The van der Waals surface area contributed by atoms with E-state index < -0.39 is 0 Å². The molecule has 0 aliphatic heterocycles. The van der Waals surface area contributed by atoms with Crippen LogP contribution in [0, 0.1) is 0 Å². The molecule has 0 aromatic carbocycles. The highest BCUT2D eigenvalue weighted by Crippen LogP contribution is 2.21. The Morgan fingerprint density at radius 3 is 2.55 bits per heavy atom. The molecule has 1 heterocycles. The van der Waals surface area contributed by atoms with Crippen LogP contribution in [-0.2, 0) is 0 Å². The minimum atomic E-state index is 0. The van der Waals surface area contributed by atoms with E-state index in [9.17, 15) is 4.79 Å². The number of hydrogen-bond acceptors (Lipinski definition) is 2. The lowest BCUT2D eigenvalue weighted by molar-refractivity contribution is 0.112. The zero-order valence-corrected chi connectivity index (χ0v) is 7.58. The van der Waals surface area contributed by atoms with Crippen molar-refractivity contribution in [1.82, 2.24) is 4.98 Å². The molecule has 0 saturated carbocycles. The number of hydrogen-bond donors (Lipinski definition) is 0. The average molecular weight is 212 g/mol.